The first-order chi connectivity index (χ1) is 20.2. The first kappa shape index (κ1) is 27.7. The SMILES string of the molecule is Cc1cc(Oc2ccccc2F)ccc1-n1ncc(C(=O)c2cc3cc(C4CCN(C(C)C)CC4)c(F)cc3[nH]2)c1N. The molecule has 1 fully saturated rings. The van der Waals surface area contributed by atoms with Gasteiger partial charge in [-0.1, -0.05) is 12.1 Å². The first-order valence-corrected chi connectivity index (χ1v) is 14.2. The van der Waals surface area contributed by atoms with Crippen molar-refractivity contribution < 1.29 is 18.3 Å². The van der Waals surface area contributed by atoms with Gasteiger partial charge in [0.25, 0.3) is 0 Å². The maximum Gasteiger partial charge on any atom is 0.214 e. The molecule has 7 nitrogen and oxygen atoms in total. The van der Waals surface area contributed by atoms with Crippen LogP contribution in [0.25, 0.3) is 16.6 Å². The van der Waals surface area contributed by atoms with E-state index in [9.17, 15) is 9.18 Å². The van der Waals surface area contributed by atoms with Crippen molar-refractivity contribution >= 4 is 22.5 Å². The molecule has 0 saturated carbocycles. The summed E-state index contributed by atoms with van der Waals surface area (Å²) >= 11 is 0. The summed E-state index contributed by atoms with van der Waals surface area (Å²) in [6, 6.07) is 17.0. The molecule has 0 spiro atoms. The number of carbonyl (C=O) groups excluding carboxylic acids is 1. The number of likely N-dealkylation sites (tertiary alicyclic amines) is 1. The molecule has 3 heterocycles. The lowest BCUT2D eigenvalue weighted by atomic mass is 9.88. The molecule has 0 unspecified atom stereocenters. The van der Waals surface area contributed by atoms with Crippen molar-refractivity contribution in [3.05, 3.63) is 101 Å². The smallest absolute Gasteiger partial charge is 0.214 e. The Morgan fingerprint density at radius 3 is 2.52 bits per heavy atom. The standard InChI is InChI=1S/C33H33F2N5O2/c1-19(2)39-12-10-21(11-13-39)24-15-22-16-29(38-28(22)17-27(24)35)32(41)25-18-37-40(33(25)36)30-9-8-23(14-20(30)3)42-31-7-5-4-6-26(31)34/h4-9,14-19,21,38H,10-13,36H2,1-3H3. The van der Waals surface area contributed by atoms with Crippen LogP contribution in [0.2, 0.25) is 0 Å². The van der Waals surface area contributed by atoms with E-state index in [0.29, 0.717) is 34.3 Å². The average molecular weight is 570 g/mol. The molecule has 42 heavy (non-hydrogen) atoms. The fraction of sp³-hybridized carbons (Fsp3) is 0.273. The van der Waals surface area contributed by atoms with Crippen molar-refractivity contribution in [1.29, 1.82) is 0 Å². The maximum atomic E-state index is 15.2. The van der Waals surface area contributed by atoms with Crippen molar-refractivity contribution in [3.63, 3.8) is 0 Å². The monoisotopic (exact) mass is 569 g/mol. The molecule has 1 aliphatic rings. The number of halogens is 2. The number of aryl methyl sites for hydroxylation is 1. The summed E-state index contributed by atoms with van der Waals surface area (Å²) in [6.45, 7) is 8.11. The number of ketones is 1. The fourth-order valence-corrected chi connectivity index (χ4v) is 5.79. The molecular formula is C33H33F2N5O2. The zero-order chi connectivity index (χ0) is 29.5. The number of hydrogen-bond donors (Lipinski definition) is 2. The van der Waals surface area contributed by atoms with Gasteiger partial charge in [0.15, 0.2) is 11.6 Å². The minimum Gasteiger partial charge on any atom is -0.454 e. The Bertz CT molecular complexity index is 1780. The molecule has 1 saturated heterocycles. The number of fused-ring (bicyclic) bond motifs is 1. The van der Waals surface area contributed by atoms with Gasteiger partial charge in [0.05, 0.1) is 23.1 Å². The van der Waals surface area contributed by atoms with Crippen LogP contribution in [0, 0.1) is 18.6 Å². The zero-order valence-electron chi connectivity index (χ0n) is 23.8. The Morgan fingerprint density at radius 1 is 1.05 bits per heavy atom. The highest BCUT2D eigenvalue weighted by atomic mass is 19.1. The summed E-state index contributed by atoms with van der Waals surface area (Å²) in [5.41, 5.74) is 9.65. The number of ether oxygens (including phenoxy) is 1. The number of carbonyl (C=O) groups is 1. The Morgan fingerprint density at radius 2 is 1.81 bits per heavy atom. The van der Waals surface area contributed by atoms with Crippen molar-refractivity contribution in [2.75, 3.05) is 18.8 Å². The van der Waals surface area contributed by atoms with Gasteiger partial charge in [-0.25, -0.2) is 13.5 Å². The average Bonchev–Trinajstić information content (AvgIpc) is 3.56. The molecule has 2 aromatic heterocycles. The lowest BCUT2D eigenvalue weighted by Crippen LogP contribution is -2.37. The lowest BCUT2D eigenvalue weighted by molar-refractivity contribution is 0.103. The normalized spacial score (nSPS) is 14.6. The van der Waals surface area contributed by atoms with Gasteiger partial charge in [-0.2, -0.15) is 5.10 Å². The molecular weight excluding hydrogens is 536 g/mol. The number of nitrogen functional groups attached to an aromatic ring is 1. The highest BCUT2D eigenvalue weighted by Gasteiger charge is 2.26. The Hall–Kier alpha value is -4.50. The van der Waals surface area contributed by atoms with E-state index in [1.165, 1.54) is 23.0 Å². The molecule has 216 valence electrons. The Labute approximate surface area is 242 Å². The molecule has 0 atom stereocenters. The number of nitrogens with one attached hydrogen (secondary N) is 1. The summed E-state index contributed by atoms with van der Waals surface area (Å²) in [5, 5.41) is 5.16. The van der Waals surface area contributed by atoms with Crippen molar-refractivity contribution in [1.82, 2.24) is 19.7 Å². The van der Waals surface area contributed by atoms with Gasteiger partial charge >= 0.3 is 0 Å². The van der Waals surface area contributed by atoms with Crippen LogP contribution in [-0.4, -0.2) is 44.6 Å². The summed E-state index contributed by atoms with van der Waals surface area (Å²) in [5.74, 6) is -0.138. The first-order valence-electron chi connectivity index (χ1n) is 14.2. The number of rotatable bonds is 7. The zero-order valence-corrected chi connectivity index (χ0v) is 23.8. The summed E-state index contributed by atoms with van der Waals surface area (Å²) < 4.78 is 36.4. The van der Waals surface area contributed by atoms with Crippen LogP contribution in [0.1, 0.15) is 59.8 Å². The van der Waals surface area contributed by atoms with Crippen LogP contribution >= 0.6 is 0 Å². The van der Waals surface area contributed by atoms with E-state index in [-0.39, 0.29) is 34.6 Å². The van der Waals surface area contributed by atoms with E-state index in [0.717, 1.165) is 36.9 Å². The number of anilines is 1. The number of para-hydroxylation sites is 1. The number of H-pyrrole nitrogens is 1. The largest absolute Gasteiger partial charge is 0.454 e. The van der Waals surface area contributed by atoms with E-state index in [4.69, 9.17) is 10.5 Å². The summed E-state index contributed by atoms with van der Waals surface area (Å²) in [4.78, 5) is 19.0. The van der Waals surface area contributed by atoms with E-state index in [1.807, 2.05) is 13.0 Å². The molecule has 0 aliphatic carbocycles. The third-order valence-corrected chi connectivity index (χ3v) is 8.19. The summed E-state index contributed by atoms with van der Waals surface area (Å²) in [7, 11) is 0. The van der Waals surface area contributed by atoms with E-state index >= 15 is 4.39 Å². The van der Waals surface area contributed by atoms with Crippen molar-refractivity contribution in [2.45, 2.75) is 45.6 Å². The lowest BCUT2D eigenvalue weighted by Gasteiger charge is -2.34. The number of hydrogen-bond acceptors (Lipinski definition) is 5. The quantitative estimate of drug-likeness (QED) is 0.204. The van der Waals surface area contributed by atoms with Crippen LogP contribution in [0.3, 0.4) is 0 Å². The van der Waals surface area contributed by atoms with Gasteiger partial charge in [-0.15, -0.1) is 0 Å². The number of benzene rings is 3. The highest BCUT2D eigenvalue weighted by molar-refractivity contribution is 6.12. The topological polar surface area (TPSA) is 89.2 Å². The molecule has 0 radical (unpaired) electrons. The van der Waals surface area contributed by atoms with Gasteiger partial charge in [0, 0.05) is 16.9 Å². The molecule has 1 aliphatic heterocycles. The molecule has 9 heteroatoms. The summed E-state index contributed by atoms with van der Waals surface area (Å²) in [6.07, 6.45) is 3.24. The highest BCUT2D eigenvalue weighted by Crippen LogP contribution is 2.34. The Balaban J connectivity index is 1.23. The second kappa shape index (κ2) is 11.1. The van der Waals surface area contributed by atoms with Crippen molar-refractivity contribution in [3.8, 4) is 17.2 Å². The van der Waals surface area contributed by atoms with E-state index < -0.39 is 5.82 Å². The van der Waals surface area contributed by atoms with Gasteiger partial charge in [-0.05, 0) is 112 Å². The molecule has 5 aromatic rings. The predicted molar refractivity (Wildman–Crippen MR) is 160 cm³/mol. The number of nitrogens with zero attached hydrogens (tertiary/aromatic N) is 3. The van der Waals surface area contributed by atoms with Crippen LogP contribution in [0.5, 0.6) is 11.5 Å². The second-order valence-electron chi connectivity index (χ2n) is 11.2. The Kier molecular flexibility index (Phi) is 7.28. The van der Waals surface area contributed by atoms with Gasteiger partial charge in [0.1, 0.15) is 17.4 Å². The molecule has 3 aromatic carbocycles. The van der Waals surface area contributed by atoms with Crippen LogP contribution in [0.15, 0.2) is 66.9 Å². The second-order valence-corrected chi connectivity index (χ2v) is 11.2. The number of aromatic amines is 1. The third-order valence-electron chi connectivity index (χ3n) is 8.19. The molecule has 0 amide bonds. The number of aromatic nitrogens is 3. The predicted octanol–water partition coefficient (Wildman–Crippen LogP) is 7.13. The van der Waals surface area contributed by atoms with Crippen LogP contribution in [0.4, 0.5) is 14.6 Å². The molecule has 3 N–H and O–H groups in total. The van der Waals surface area contributed by atoms with Gasteiger partial charge < -0.3 is 20.4 Å². The van der Waals surface area contributed by atoms with Gasteiger partial charge in [0.2, 0.25) is 5.78 Å². The molecule has 0 bridgehead atoms. The van der Waals surface area contributed by atoms with Crippen LogP contribution in [-0.2, 0) is 0 Å². The maximum absolute atomic E-state index is 15.2. The number of nitrogens with two attached hydrogens (primary N) is 1. The minimum atomic E-state index is -0.457. The fourth-order valence-electron chi connectivity index (χ4n) is 5.79. The van der Waals surface area contributed by atoms with Crippen molar-refractivity contribution in [2.24, 2.45) is 0 Å². The third kappa shape index (κ3) is 5.16. The van der Waals surface area contributed by atoms with E-state index in [2.05, 4.69) is 28.8 Å². The van der Waals surface area contributed by atoms with E-state index in [1.54, 1.807) is 42.5 Å². The molecule has 6 rings (SSSR count). The minimum absolute atomic E-state index is 0.123. The number of piperidine rings is 1. The van der Waals surface area contributed by atoms with Crippen LogP contribution < -0.4 is 10.5 Å². The van der Waals surface area contributed by atoms with Gasteiger partial charge in [-0.3, -0.25) is 4.79 Å².